The third kappa shape index (κ3) is 4.99. The molecule has 0 fully saturated rings. The Kier molecular flexibility index (Phi) is 6.67. The number of methoxy groups -OCH3 is 1. The van der Waals surface area contributed by atoms with E-state index in [-0.39, 0.29) is 11.7 Å². The van der Waals surface area contributed by atoms with Crippen LogP contribution in [0.5, 0.6) is 0 Å². The summed E-state index contributed by atoms with van der Waals surface area (Å²) >= 11 is 1.35. The van der Waals surface area contributed by atoms with Gasteiger partial charge in [-0.05, 0) is 37.1 Å². The molecule has 1 amide bonds. The number of anilines is 1. The number of furan rings is 1. The number of benzene rings is 1. The summed E-state index contributed by atoms with van der Waals surface area (Å²) in [6.45, 7) is 3.27. The normalized spacial score (nSPS) is 10.9. The average Bonchev–Trinajstić information content (AvgIpc) is 3.32. The first kappa shape index (κ1) is 19.2. The van der Waals surface area contributed by atoms with Crippen LogP contribution >= 0.6 is 11.8 Å². The fourth-order valence-electron chi connectivity index (χ4n) is 2.58. The summed E-state index contributed by atoms with van der Waals surface area (Å²) in [5.41, 5.74) is 1.85. The first-order valence-electron chi connectivity index (χ1n) is 8.63. The van der Waals surface area contributed by atoms with Crippen LogP contribution in [0.1, 0.15) is 12.0 Å². The maximum absolute atomic E-state index is 12.3. The predicted octanol–water partition coefficient (Wildman–Crippen LogP) is 3.61. The summed E-state index contributed by atoms with van der Waals surface area (Å²) in [5, 5.41) is 12.1. The minimum atomic E-state index is -0.0831. The van der Waals surface area contributed by atoms with Crippen LogP contribution < -0.4 is 5.32 Å². The number of hydrogen-bond donors (Lipinski definition) is 1. The average molecular weight is 386 g/mol. The van der Waals surface area contributed by atoms with E-state index in [0.717, 1.165) is 17.7 Å². The number of rotatable bonds is 9. The molecule has 0 radical (unpaired) electrons. The van der Waals surface area contributed by atoms with Crippen molar-refractivity contribution in [3.8, 4) is 11.6 Å². The number of nitrogens with one attached hydrogen (secondary N) is 1. The number of amides is 1. The second-order valence-corrected chi connectivity index (χ2v) is 6.88. The van der Waals surface area contributed by atoms with E-state index in [1.807, 2.05) is 47.9 Å². The topological polar surface area (TPSA) is 82.2 Å². The highest BCUT2D eigenvalue weighted by Crippen LogP contribution is 2.25. The summed E-state index contributed by atoms with van der Waals surface area (Å²) in [6.07, 6.45) is 2.41. The van der Waals surface area contributed by atoms with E-state index in [0.29, 0.717) is 29.9 Å². The molecule has 0 bridgehead atoms. The highest BCUT2D eigenvalue weighted by atomic mass is 32.2. The second kappa shape index (κ2) is 9.38. The first-order chi connectivity index (χ1) is 13.2. The van der Waals surface area contributed by atoms with Crippen molar-refractivity contribution in [2.75, 3.05) is 24.8 Å². The fraction of sp³-hybridized carbons (Fsp3) is 0.316. The van der Waals surface area contributed by atoms with E-state index in [1.54, 1.807) is 13.4 Å². The molecule has 0 atom stereocenters. The molecular formula is C19H22N4O3S. The number of nitrogens with zero attached hydrogens (tertiary/aromatic N) is 3. The zero-order chi connectivity index (χ0) is 19.1. The zero-order valence-electron chi connectivity index (χ0n) is 15.3. The van der Waals surface area contributed by atoms with Crippen LogP contribution in [0.3, 0.4) is 0 Å². The van der Waals surface area contributed by atoms with E-state index in [9.17, 15) is 4.79 Å². The maximum atomic E-state index is 12.3. The summed E-state index contributed by atoms with van der Waals surface area (Å²) in [4.78, 5) is 12.3. The van der Waals surface area contributed by atoms with Gasteiger partial charge in [0.1, 0.15) is 0 Å². The van der Waals surface area contributed by atoms with Gasteiger partial charge in [-0.3, -0.25) is 9.36 Å². The number of carbonyl (C=O) groups is 1. The molecule has 27 heavy (non-hydrogen) atoms. The summed E-state index contributed by atoms with van der Waals surface area (Å²) in [5.74, 6) is 1.46. The van der Waals surface area contributed by atoms with Gasteiger partial charge in [0.2, 0.25) is 5.91 Å². The Morgan fingerprint density at radius 1 is 1.26 bits per heavy atom. The molecule has 2 heterocycles. The van der Waals surface area contributed by atoms with Crippen LogP contribution in [0.25, 0.3) is 11.6 Å². The maximum Gasteiger partial charge on any atom is 0.234 e. The van der Waals surface area contributed by atoms with E-state index >= 15 is 0 Å². The monoisotopic (exact) mass is 386 g/mol. The van der Waals surface area contributed by atoms with Gasteiger partial charge < -0.3 is 14.5 Å². The summed E-state index contributed by atoms with van der Waals surface area (Å²) in [7, 11) is 1.67. The van der Waals surface area contributed by atoms with Crippen LogP contribution in [-0.2, 0) is 16.1 Å². The molecule has 142 valence electrons. The lowest BCUT2D eigenvalue weighted by Crippen LogP contribution is -2.15. The SMILES string of the molecule is COCCCn1c(SCC(=O)Nc2ccccc2C)nnc1-c1ccco1. The molecule has 1 aromatic carbocycles. The molecule has 1 N–H and O–H groups in total. The van der Waals surface area contributed by atoms with Crippen LogP contribution in [0.15, 0.2) is 52.2 Å². The molecule has 0 aliphatic rings. The van der Waals surface area contributed by atoms with Crippen LogP contribution in [0.4, 0.5) is 5.69 Å². The number of thioether (sulfide) groups is 1. The van der Waals surface area contributed by atoms with Gasteiger partial charge in [0.25, 0.3) is 0 Å². The van der Waals surface area contributed by atoms with Gasteiger partial charge in [0.15, 0.2) is 16.7 Å². The van der Waals surface area contributed by atoms with Gasteiger partial charge in [-0.1, -0.05) is 30.0 Å². The standard InChI is InChI=1S/C19H22N4O3S/c1-14-7-3-4-8-15(14)20-17(24)13-27-19-22-21-18(16-9-5-12-26-16)23(19)10-6-11-25-2/h3-5,7-9,12H,6,10-11,13H2,1-2H3,(H,20,24). The molecule has 3 rings (SSSR count). The number of aromatic nitrogens is 3. The van der Waals surface area contributed by atoms with Crippen molar-refractivity contribution in [2.45, 2.75) is 25.0 Å². The molecule has 0 aliphatic heterocycles. The third-order valence-electron chi connectivity index (χ3n) is 3.94. The molecule has 0 saturated heterocycles. The Bertz CT molecular complexity index is 877. The van der Waals surface area contributed by atoms with Crippen molar-refractivity contribution in [3.63, 3.8) is 0 Å². The number of para-hydroxylation sites is 1. The molecule has 2 aromatic heterocycles. The van der Waals surface area contributed by atoms with Crippen LogP contribution in [0, 0.1) is 6.92 Å². The van der Waals surface area contributed by atoms with Crippen molar-refractivity contribution < 1.29 is 13.9 Å². The van der Waals surface area contributed by atoms with Gasteiger partial charge >= 0.3 is 0 Å². The zero-order valence-corrected chi connectivity index (χ0v) is 16.2. The lowest BCUT2D eigenvalue weighted by molar-refractivity contribution is -0.113. The van der Waals surface area contributed by atoms with Gasteiger partial charge in [0.05, 0.1) is 12.0 Å². The van der Waals surface area contributed by atoms with Crippen molar-refractivity contribution in [1.29, 1.82) is 0 Å². The molecule has 0 saturated carbocycles. The van der Waals surface area contributed by atoms with E-state index in [4.69, 9.17) is 9.15 Å². The molecule has 0 unspecified atom stereocenters. The minimum Gasteiger partial charge on any atom is -0.461 e. The second-order valence-electron chi connectivity index (χ2n) is 5.93. The minimum absolute atomic E-state index is 0.0831. The van der Waals surface area contributed by atoms with Crippen LogP contribution in [-0.4, -0.2) is 40.1 Å². The van der Waals surface area contributed by atoms with Gasteiger partial charge in [-0.2, -0.15) is 0 Å². The summed E-state index contributed by atoms with van der Waals surface area (Å²) in [6, 6.07) is 11.4. The number of carbonyl (C=O) groups excluding carboxylic acids is 1. The lowest BCUT2D eigenvalue weighted by Gasteiger charge is -2.10. The first-order valence-corrected chi connectivity index (χ1v) is 9.62. The third-order valence-corrected chi connectivity index (χ3v) is 4.91. The molecule has 7 nitrogen and oxygen atoms in total. The fourth-order valence-corrected chi connectivity index (χ4v) is 3.35. The van der Waals surface area contributed by atoms with Gasteiger partial charge in [0, 0.05) is 25.9 Å². The molecule has 8 heteroatoms. The smallest absolute Gasteiger partial charge is 0.234 e. The van der Waals surface area contributed by atoms with E-state index < -0.39 is 0 Å². The molecule has 0 aliphatic carbocycles. The number of aryl methyl sites for hydroxylation is 1. The lowest BCUT2D eigenvalue weighted by atomic mass is 10.2. The Morgan fingerprint density at radius 2 is 2.11 bits per heavy atom. The largest absolute Gasteiger partial charge is 0.461 e. The molecule has 3 aromatic rings. The predicted molar refractivity (Wildman–Crippen MR) is 105 cm³/mol. The highest BCUT2D eigenvalue weighted by Gasteiger charge is 2.17. The van der Waals surface area contributed by atoms with E-state index in [1.165, 1.54) is 11.8 Å². The quantitative estimate of drug-likeness (QED) is 0.447. The summed E-state index contributed by atoms with van der Waals surface area (Å²) < 4.78 is 12.6. The van der Waals surface area contributed by atoms with Gasteiger partial charge in [-0.25, -0.2) is 0 Å². The van der Waals surface area contributed by atoms with Gasteiger partial charge in [-0.15, -0.1) is 10.2 Å². The molecular weight excluding hydrogens is 364 g/mol. The van der Waals surface area contributed by atoms with Crippen molar-refractivity contribution >= 4 is 23.4 Å². The van der Waals surface area contributed by atoms with E-state index in [2.05, 4.69) is 15.5 Å². The Balaban J connectivity index is 1.68. The van der Waals surface area contributed by atoms with Crippen molar-refractivity contribution in [1.82, 2.24) is 14.8 Å². The molecule has 0 spiro atoms. The Morgan fingerprint density at radius 3 is 2.85 bits per heavy atom. The highest BCUT2D eigenvalue weighted by molar-refractivity contribution is 7.99. The van der Waals surface area contributed by atoms with Crippen molar-refractivity contribution in [2.24, 2.45) is 0 Å². The Labute approximate surface area is 162 Å². The van der Waals surface area contributed by atoms with Crippen LogP contribution in [0.2, 0.25) is 0 Å². The number of hydrogen-bond acceptors (Lipinski definition) is 6. The Hall–Kier alpha value is -2.58. The number of ether oxygens (including phenoxy) is 1. The van der Waals surface area contributed by atoms with Crippen molar-refractivity contribution in [3.05, 3.63) is 48.2 Å².